The number of nitrogens with one attached hydrogen (secondary N) is 1. The molecule has 196 valence electrons. The number of benzene rings is 2. The number of halogens is 2. The van der Waals surface area contributed by atoms with Gasteiger partial charge in [-0.1, -0.05) is 24.8 Å². The van der Waals surface area contributed by atoms with Gasteiger partial charge in [0.25, 0.3) is 5.91 Å². The molecule has 2 aromatic carbocycles. The molecule has 0 bridgehead atoms. The Balaban J connectivity index is 1.25. The molecular weight excluding hydrogens is 508 g/mol. The minimum absolute atomic E-state index is 0.0998. The molecule has 0 radical (unpaired) electrons. The summed E-state index contributed by atoms with van der Waals surface area (Å²) in [7, 11) is 0. The predicted octanol–water partition coefficient (Wildman–Crippen LogP) is 5.19. The maximum absolute atomic E-state index is 14.2. The molecule has 3 aromatic rings. The maximum Gasteiger partial charge on any atom is 0.264 e. The lowest BCUT2D eigenvalue weighted by atomic mass is 10.1. The van der Waals surface area contributed by atoms with Gasteiger partial charge in [-0.15, -0.1) is 11.3 Å². The van der Waals surface area contributed by atoms with Crippen LogP contribution in [-0.4, -0.2) is 60.7 Å². The first-order valence-corrected chi connectivity index (χ1v) is 13.0. The lowest BCUT2D eigenvalue weighted by molar-refractivity contribution is -0.116. The van der Waals surface area contributed by atoms with Gasteiger partial charge < -0.3 is 20.0 Å². The van der Waals surface area contributed by atoms with E-state index in [4.69, 9.17) is 0 Å². The van der Waals surface area contributed by atoms with E-state index in [1.165, 1.54) is 35.9 Å². The molecule has 0 saturated carbocycles. The fourth-order valence-electron chi connectivity index (χ4n) is 4.67. The molecule has 0 aliphatic carbocycles. The summed E-state index contributed by atoms with van der Waals surface area (Å²) < 4.78 is 28.3. The van der Waals surface area contributed by atoms with E-state index in [2.05, 4.69) is 16.9 Å². The highest BCUT2D eigenvalue weighted by molar-refractivity contribution is 7.18. The lowest BCUT2D eigenvalue weighted by Gasteiger charge is -2.36. The smallest absolute Gasteiger partial charge is 0.264 e. The van der Waals surface area contributed by atoms with Crippen molar-refractivity contribution in [3.8, 4) is 0 Å². The zero-order valence-electron chi connectivity index (χ0n) is 21.1. The van der Waals surface area contributed by atoms with Crippen LogP contribution < -0.4 is 10.2 Å². The van der Waals surface area contributed by atoms with Gasteiger partial charge in [-0.3, -0.25) is 9.59 Å². The molecule has 7 nitrogen and oxygen atoms in total. The molecule has 2 amide bonds. The van der Waals surface area contributed by atoms with E-state index in [-0.39, 0.29) is 24.0 Å². The molecule has 2 aliphatic heterocycles. The van der Waals surface area contributed by atoms with Crippen LogP contribution in [0.15, 0.2) is 54.0 Å². The summed E-state index contributed by atoms with van der Waals surface area (Å²) in [5.41, 5.74) is 3.43. The van der Waals surface area contributed by atoms with Crippen LogP contribution in [0.1, 0.15) is 26.4 Å². The summed E-state index contributed by atoms with van der Waals surface area (Å²) in [5, 5.41) is 3.24. The van der Waals surface area contributed by atoms with Gasteiger partial charge in [-0.2, -0.15) is 0 Å². The van der Waals surface area contributed by atoms with E-state index < -0.39 is 11.7 Å². The molecule has 0 atom stereocenters. The molecule has 1 fully saturated rings. The summed E-state index contributed by atoms with van der Waals surface area (Å²) in [5.74, 6) is -1.29. The predicted molar refractivity (Wildman–Crippen MR) is 147 cm³/mol. The fourth-order valence-corrected chi connectivity index (χ4v) is 5.81. The van der Waals surface area contributed by atoms with Crippen molar-refractivity contribution in [2.24, 2.45) is 4.99 Å². The van der Waals surface area contributed by atoms with E-state index in [0.29, 0.717) is 47.4 Å². The number of aryl methyl sites for hydroxylation is 1. The number of rotatable bonds is 5. The zero-order valence-corrected chi connectivity index (χ0v) is 21.9. The highest BCUT2D eigenvalue weighted by Crippen LogP contribution is 2.42. The van der Waals surface area contributed by atoms with Crippen LogP contribution in [0, 0.1) is 25.5 Å². The number of carbonyl (C=O) groups excluding carboxylic acids is 2. The average Bonchev–Trinajstić information content (AvgIpc) is 3.24. The van der Waals surface area contributed by atoms with Crippen molar-refractivity contribution in [2.75, 3.05) is 42.9 Å². The Bertz CT molecular complexity index is 1460. The summed E-state index contributed by atoms with van der Waals surface area (Å²) in [6.45, 7) is 9.68. The number of fused-ring (bicyclic) bond motifs is 1. The van der Waals surface area contributed by atoms with Crippen molar-refractivity contribution < 1.29 is 18.4 Å². The SMILES string of the molecule is C=C1c2c(sc(C(=O)N3CCN(c4ccccc4F)CC3)c2C)N=CN1CC(=O)Nc1ccc(C)cc1F. The molecule has 2 aliphatic rings. The molecule has 0 unspecified atom stereocenters. The first kappa shape index (κ1) is 25.6. The minimum Gasteiger partial charge on any atom is -0.366 e. The van der Waals surface area contributed by atoms with Crippen molar-refractivity contribution in [1.29, 1.82) is 0 Å². The van der Waals surface area contributed by atoms with Gasteiger partial charge in [0, 0.05) is 37.4 Å². The lowest BCUT2D eigenvalue weighted by Crippen LogP contribution is -2.49. The Labute approximate surface area is 223 Å². The van der Waals surface area contributed by atoms with Crippen molar-refractivity contribution in [1.82, 2.24) is 9.80 Å². The first-order valence-electron chi connectivity index (χ1n) is 12.2. The van der Waals surface area contributed by atoms with Gasteiger partial charge in [-0.05, 0) is 49.2 Å². The van der Waals surface area contributed by atoms with Crippen molar-refractivity contribution in [2.45, 2.75) is 13.8 Å². The quantitative estimate of drug-likeness (QED) is 0.488. The van der Waals surface area contributed by atoms with Gasteiger partial charge >= 0.3 is 0 Å². The summed E-state index contributed by atoms with van der Waals surface area (Å²) in [6, 6.07) is 11.3. The molecule has 1 aromatic heterocycles. The third kappa shape index (κ3) is 4.91. The number of para-hydroxylation sites is 1. The standard InChI is InChI=1S/C28H27F2N5O2S/c1-17-8-9-22(21(30)14-17)32-24(36)15-35-16-31-27-25(19(35)3)18(2)26(38-27)28(37)34-12-10-33(11-13-34)23-7-5-4-6-20(23)29/h4-9,14,16H,3,10-13,15H2,1-2H3,(H,32,36). The molecule has 38 heavy (non-hydrogen) atoms. The van der Waals surface area contributed by atoms with Crippen LogP contribution in [0.5, 0.6) is 0 Å². The number of nitrogens with zero attached hydrogens (tertiary/aromatic N) is 4. The maximum atomic E-state index is 14.2. The number of aliphatic imine (C=N–C) groups is 1. The van der Waals surface area contributed by atoms with Gasteiger partial charge in [0.15, 0.2) is 0 Å². The summed E-state index contributed by atoms with van der Waals surface area (Å²) in [6.07, 6.45) is 1.51. The van der Waals surface area contributed by atoms with E-state index in [0.717, 1.165) is 16.7 Å². The van der Waals surface area contributed by atoms with Gasteiger partial charge in [-0.25, -0.2) is 13.8 Å². The Hall–Kier alpha value is -4.05. The number of hydrogen-bond acceptors (Lipinski definition) is 6. The van der Waals surface area contributed by atoms with Crippen molar-refractivity contribution in [3.63, 3.8) is 0 Å². The number of piperazine rings is 1. The normalized spacial score (nSPS) is 15.1. The second-order valence-corrected chi connectivity index (χ2v) is 10.3. The second-order valence-electron chi connectivity index (χ2n) is 9.32. The average molecular weight is 536 g/mol. The molecule has 3 heterocycles. The molecule has 1 saturated heterocycles. The van der Waals surface area contributed by atoms with E-state index in [1.807, 2.05) is 11.8 Å². The Kier molecular flexibility index (Phi) is 6.98. The monoisotopic (exact) mass is 535 g/mol. The van der Waals surface area contributed by atoms with E-state index >= 15 is 0 Å². The number of hydrogen-bond donors (Lipinski definition) is 1. The molecule has 1 N–H and O–H groups in total. The molecular formula is C28H27F2N5O2S. The Morgan fingerprint density at radius 2 is 1.79 bits per heavy atom. The van der Waals surface area contributed by atoms with Crippen LogP contribution in [0.25, 0.3) is 5.70 Å². The number of carbonyl (C=O) groups is 2. The van der Waals surface area contributed by atoms with Crippen LogP contribution in [0.3, 0.4) is 0 Å². The number of anilines is 2. The highest BCUT2D eigenvalue weighted by Gasteiger charge is 2.31. The fraction of sp³-hybridized carbons (Fsp3) is 0.250. The topological polar surface area (TPSA) is 68.2 Å². The summed E-state index contributed by atoms with van der Waals surface area (Å²) >= 11 is 1.29. The molecule has 0 spiro atoms. The highest BCUT2D eigenvalue weighted by atomic mass is 32.1. The molecule has 10 heteroatoms. The van der Waals surface area contributed by atoms with Gasteiger partial charge in [0.1, 0.15) is 23.2 Å². The Morgan fingerprint density at radius 3 is 2.50 bits per heavy atom. The Morgan fingerprint density at radius 1 is 1.05 bits per heavy atom. The van der Waals surface area contributed by atoms with Crippen LogP contribution in [0.4, 0.5) is 25.2 Å². The number of thiophene rings is 1. The van der Waals surface area contributed by atoms with Crippen LogP contribution >= 0.6 is 11.3 Å². The largest absolute Gasteiger partial charge is 0.366 e. The van der Waals surface area contributed by atoms with Gasteiger partial charge in [0.2, 0.25) is 5.91 Å². The van der Waals surface area contributed by atoms with Crippen LogP contribution in [-0.2, 0) is 4.79 Å². The summed E-state index contributed by atoms with van der Waals surface area (Å²) in [4.78, 5) is 36.4. The van der Waals surface area contributed by atoms with Gasteiger partial charge in [0.05, 0.1) is 22.6 Å². The van der Waals surface area contributed by atoms with Crippen molar-refractivity contribution in [3.05, 3.63) is 82.2 Å². The number of amides is 2. The third-order valence-electron chi connectivity index (χ3n) is 6.74. The van der Waals surface area contributed by atoms with E-state index in [1.54, 1.807) is 41.0 Å². The first-order chi connectivity index (χ1) is 18.2. The zero-order chi connectivity index (χ0) is 27.0. The molecule has 5 rings (SSSR count). The van der Waals surface area contributed by atoms with Crippen LogP contribution in [0.2, 0.25) is 0 Å². The third-order valence-corrected chi connectivity index (χ3v) is 7.93. The van der Waals surface area contributed by atoms with Crippen molar-refractivity contribution >= 4 is 51.6 Å². The second kappa shape index (κ2) is 10.4. The van der Waals surface area contributed by atoms with E-state index in [9.17, 15) is 18.4 Å². The minimum atomic E-state index is -0.502.